The third kappa shape index (κ3) is 4.32. The quantitative estimate of drug-likeness (QED) is 0.674. The molecule has 0 radical (unpaired) electrons. The second kappa shape index (κ2) is 7.62. The Kier molecular flexibility index (Phi) is 5.40. The van der Waals surface area contributed by atoms with Crippen molar-refractivity contribution in [1.82, 2.24) is 9.71 Å². The van der Waals surface area contributed by atoms with Crippen molar-refractivity contribution in [3.05, 3.63) is 71.4 Å². The maximum atomic E-state index is 13.0. The van der Waals surface area contributed by atoms with Gasteiger partial charge in [0.2, 0.25) is 10.0 Å². The largest absolute Gasteiger partial charge is 0.417 e. The van der Waals surface area contributed by atoms with Crippen molar-refractivity contribution in [1.29, 1.82) is 0 Å². The maximum Gasteiger partial charge on any atom is 0.417 e. The summed E-state index contributed by atoms with van der Waals surface area (Å²) in [5, 5.41) is 0.665. The summed E-state index contributed by atoms with van der Waals surface area (Å²) in [5.74, 6) is 4.82. The molecule has 0 saturated heterocycles. The molecule has 0 aliphatic heterocycles. The summed E-state index contributed by atoms with van der Waals surface area (Å²) in [6.07, 6.45) is -4.53. The van der Waals surface area contributed by atoms with Gasteiger partial charge < -0.3 is 0 Å². The van der Waals surface area contributed by atoms with Crippen LogP contribution in [0.3, 0.4) is 0 Å². The van der Waals surface area contributed by atoms with E-state index < -0.39 is 21.8 Å². The van der Waals surface area contributed by atoms with Gasteiger partial charge in [-0.05, 0) is 31.2 Å². The lowest BCUT2D eigenvalue weighted by Gasteiger charge is -2.08. The average molecular weight is 404 g/mol. The fourth-order valence-corrected chi connectivity index (χ4v) is 3.72. The third-order valence-electron chi connectivity index (χ3n) is 3.92. The normalized spacial score (nSPS) is 11.9. The first-order valence-electron chi connectivity index (χ1n) is 8.19. The number of halogens is 3. The van der Waals surface area contributed by atoms with E-state index in [9.17, 15) is 21.6 Å². The average Bonchev–Trinajstić information content (AvgIpc) is 2.64. The molecule has 1 aromatic heterocycles. The number of pyridine rings is 1. The van der Waals surface area contributed by atoms with E-state index in [-0.39, 0.29) is 17.0 Å². The fraction of sp³-hybridized carbons (Fsp3) is 0.150. The number of fused-ring (bicyclic) bond motifs is 1. The molecule has 0 atom stereocenters. The molecule has 3 rings (SSSR count). The predicted octanol–water partition coefficient (Wildman–Crippen LogP) is 3.89. The Labute approximate surface area is 160 Å². The summed E-state index contributed by atoms with van der Waals surface area (Å²) in [6, 6.07) is 13.2. The molecular formula is C20H15F3N2O2S. The van der Waals surface area contributed by atoms with Gasteiger partial charge in [0, 0.05) is 16.6 Å². The molecule has 1 N–H and O–H groups in total. The van der Waals surface area contributed by atoms with Crippen molar-refractivity contribution in [2.24, 2.45) is 0 Å². The molecule has 3 aromatic rings. The topological polar surface area (TPSA) is 59.1 Å². The highest BCUT2D eigenvalue weighted by atomic mass is 32.2. The standard InChI is InChI=1S/C20H15F3N2O2S/c1-14-11-12-16-7-4-10-18(19(16)25-14)28(26,27)24-13-5-8-15-6-2-3-9-17(15)20(21,22)23/h2-4,6-7,9-12,24H,13H2,1H3. The van der Waals surface area contributed by atoms with Crippen LogP contribution in [0.15, 0.2) is 59.5 Å². The Balaban J connectivity index is 1.84. The molecule has 0 saturated carbocycles. The monoisotopic (exact) mass is 404 g/mol. The first kappa shape index (κ1) is 19.9. The SMILES string of the molecule is Cc1ccc2cccc(S(=O)(=O)NCC#Cc3ccccc3C(F)(F)F)c2n1. The first-order chi connectivity index (χ1) is 13.2. The predicted molar refractivity (Wildman–Crippen MR) is 100.0 cm³/mol. The van der Waals surface area contributed by atoms with Crippen LogP contribution in [0.25, 0.3) is 10.9 Å². The van der Waals surface area contributed by atoms with E-state index in [0.29, 0.717) is 16.6 Å². The lowest BCUT2D eigenvalue weighted by Crippen LogP contribution is -2.24. The molecule has 2 aromatic carbocycles. The number of aryl methyl sites for hydroxylation is 1. The van der Waals surface area contributed by atoms with Gasteiger partial charge >= 0.3 is 6.18 Å². The molecule has 0 spiro atoms. The number of alkyl halides is 3. The van der Waals surface area contributed by atoms with Crippen LogP contribution in [0.1, 0.15) is 16.8 Å². The van der Waals surface area contributed by atoms with Crippen LogP contribution in [-0.2, 0) is 16.2 Å². The molecule has 144 valence electrons. The number of benzene rings is 2. The van der Waals surface area contributed by atoms with Crippen molar-refractivity contribution >= 4 is 20.9 Å². The summed E-state index contributed by atoms with van der Waals surface area (Å²) in [5.41, 5.74) is -0.0835. The van der Waals surface area contributed by atoms with Crippen molar-refractivity contribution < 1.29 is 21.6 Å². The number of hydrogen-bond donors (Lipinski definition) is 1. The Morgan fingerprint density at radius 1 is 1.04 bits per heavy atom. The van der Waals surface area contributed by atoms with Gasteiger partial charge in [0.15, 0.2) is 0 Å². The first-order valence-corrected chi connectivity index (χ1v) is 9.68. The molecule has 4 nitrogen and oxygen atoms in total. The van der Waals surface area contributed by atoms with Crippen LogP contribution >= 0.6 is 0 Å². The molecular weight excluding hydrogens is 389 g/mol. The fourth-order valence-electron chi connectivity index (χ4n) is 2.62. The molecule has 28 heavy (non-hydrogen) atoms. The highest BCUT2D eigenvalue weighted by Gasteiger charge is 2.32. The zero-order valence-corrected chi connectivity index (χ0v) is 15.5. The van der Waals surface area contributed by atoms with Gasteiger partial charge in [0.05, 0.1) is 17.6 Å². The zero-order chi connectivity index (χ0) is 20.4. The van der Waals surface area contributed by atoms with Crippen LogP contribution in [-0.4, -0.2) is 19.9 Å². The zero-order valence-electron chi connectivity index (χ0n) is 14.7. The molecule has 8 heteroatoms. The number of nitrogens with zero attached hydrogens (tertiary/aromatic N) is 1. The van der Waals surface area contributed by atoms with E-state index in [0.717, 1.165) is 6.07 Å². The van der Waals surface area contributed by atoms with Crippen molar-refractivity contribution in [3.8, 4) is 11.8 Å². The van der Waals surface area contributed by atoms with E-state index in [2.05, 4.69) is 21.5 Å². The van der Waals surface area contributed by atoms with Gasteiger partial charge in [-0.1, -0.05) is 42.2 Å². The lowest BCUT2D eigenvalue weighted by atomic mass is 10.1. The van der Waals surface area contributed by atoms with E-state index in [4.69, 9.17) is 0 Å². The maximum absolute atomic E-state index is 13.0. The van der Waals surface area contributed by atoms with Gasteiger partial charge in [0.1, 0.15) is 4.90 Å². The summed E-state index contributed by atoms with van der Waals surface area (Å²) in [4.78, 5) is 4.27. The second-order valence-electron chi connectivity index (χ2n) is 5.95. The van der Waals surface area contributed by atoms with Crippen LogP contribution in [0.5, 0.6) is 0 Å². The van der Waals surface area contributed by atoms with Crippen molar-refractivity contribution in [3.63, 3.8) is 0 Å². The van der Waals surface area contributed by atoms with Crippen LogP contribution in [0, 0.1) is 18.8 Å². The molecule has 0 aliphatic rings. The van der Waals surface area contributed by atoms with E-state index in [1.165, 1.54) is 24.3 Å². The summed E-state index contributed by atoms with van der Waals surface area (Å²) in [7, 11) is -3.93. The van der Waals surface area contributed by atoms with Gasteiger partial charge in [-0.2, -0.15) is 17.9 Å². The van der Waals surface area contributed by atoms with Gasteiger partial charge in [-0.25, -0.2) is 8.42 Å². The number of hydrogen-bond acceptors (Lipinski definition) is 3. The van der Waals surface area contributed by atoms with Crippen LogP contribution < -0.4 is 4.72 Å². The second-order valence-corrected chi connectivity index (χ2v) is 7.69. The summed E-state index contributed by atoms with van der Waals surface area (Å²) in [6.45, 7) is 1.41. The molecule has 0 aliphatic carbocycles. The number of para-hydroxylation sites is 1. The van der Waals surface area contributed by atoms with E-state index in [1.807, 2.05) is 0 Å². The summed E-state index contributed by atoms with van der Waals surface area (Å²) >= 11 is 0. The lowest BCUT2D eigenvalue weighted by molar-refractivity contribution is -0.137. The van der Waals surface area contributed by atoms with Gasteiger partial charge in [0.25, 0.3) is 0 Å². The number of aromatic nitrogens is 1. The molecule has 0 fully saturated rings. The number of sulfonamides is 1. The highest BCUT2D eigenvalue weighted by Crippen LogP contribution is 2.31. The van der Waals surface area contributed by atoms with Crippen LogP contribution in [0.4, 0.5) is 13.2 Å². The van der Waals surface area contributed by atoms with Gasteiger partial charge in [-0.3, -0.25) is 4.98 Å². The summed E-state index contributed by atoms with van der Waals surface area (Å²) < 4.78 is 66.4. The minimum absolute atomic E-state index is 0.00816. The molecule has 0 unspecified atom stereocenters. The van der Waals surface area contributed by atoms with E-state index in [1.54, 1.807) is 31.2 Å². The number of rotatable bonds is 3. The Bertz CT molecular complexity index is 1190. The number of nitrogens with one attached hydrogen (secondary N) is 1. The molecule has 1 heterocycles. The highest BCUT2D eigenvalue weighted by molar-refractivity contribution is 7.89. The Hall–Kier alpha value is -2.89. The molecule has 0 amide bonds. The Morgan fingerprint density at radius 3 is 2.54 bits per heavy atom. The minimum Gasteiger partial charge on any atom is -0.252 e. The van der Waals surface area contributed by atoms with E-state index >= 15 is 0 Å². The third-order valence-corrected chi connectivity index (χ3v) is 5.35. The minimum atomic E-state index is -4.53. The van der Waals surface area contributed by atoms with Crippen molar-refractivity contribution in [2.45, 2.75) is 18.0 Å². The Morgan fingerprint density at radius 2 is 1.79 bits per heavy atom. The van der Waals surface area contributed by atoms with Gasteiger partial charge in [-0.15, -0.1) is 0 Å². The van der Waals surface area contributed by atoms with Crippen LogP contribution in [0.2, 0.25) is 0 Å². The smallest absolute Gasteiger partial charge is 0.252 e. The van der Waals surface area contributed by atoms with Crippen molar-refractivity contribution in [2.75, 3.05) is 6.54 Å². The molecule has 0 bridgehead atoms.